The summed E-state index contributed by atoms with van der Waals surface area (Å²) in [5, 5.41) is 3.40. The molecule has 0 aliphatic carbocycles. The Balaban J connectivity index is 2.04. The van der Waals surface area contributed by atoms with Crippen molar-refractivity contribution >= 4 is 5.69 Å². The normalized spacial score (nSPS) is 10.2. The summed E-state index contributed by atoms with van der Waals surface area (Å²) in [4.78, 5) is 4.29. The number of anilines is 1. The van der Waals surface area contributed by atoms with E-state index in [1.807, 2.05) is 24.4 Å². The molecule has 88 valence electrons. The quantitative estimate of drug-likeness (QED) is 0.862. The maximum Gasteiger partial charge on any atom is 0.0594 e. The first-order chi connectivity index (χ1) is 8.29. The van der Waals surface area contributed by atoms with Crippen LogP contribution >= 0.6 is 0 Å². The molecule has 1 aromatic carbocycles. The molecule has 2 heteroatoms. The lowest BCUT2D eigenvalue weighted by atomic mass is 10.1. The van der Waals surface area contributed by atoms with Crippen molar-refractivity contribution in [2.24, 2.45) is 0 Å². The lowest BCUT2D eigenvalue weighted by Crippen LogP contribution is -2.01. The van der Waals surface area contributed by atoms with Gasteiger partial charge in [-0.05, 0) is 48.7 Å². The molecule has 0 bridgehead atoms. The van der Waals surface area contributed by atoms with Gasteiger partial charge in [0, 0.05) is 11.9 Å². The van der Waals surface area contributed by atoms with Gasteiger partial charge in [0.1, 0.15) is 0 Å². The number of hydrogen-bond donors (Lipinski definition) is 1. The molecule has 0 fully saturated rings. The van der Waals surface area contributed by atoms with Crippen molar-refractivity contribution in [1.82, 2.24) is 4.98 Å². The van der Waals surface area contributed by atoms with E-state index in [0.717, 1.165) is 24.3 Å². The third-order valence-electron chi connectivity index (χ3n) is 2.93. The maximum atomic E-state index is 4.29. The van der Waals surface area contributed by atoms with Gasteiger partial charge in [0.2, 0.25) is 0 Å². The summed E-state index contributed by atoms with van der Waals surface area (Å²) in [5.74, 6) is 0. The average molecular weight is 226 g/mol. The molecule has 0 atom stereocenters. The molecule has 0 saturated carbocycles. The number of pyridine rings is 1. The van der Waals surface area contributed by atoms with Crippen LogP contribution in [0.1, 0.15) is 23.7 Å². The van der Waals surface area contributed by atoms with Gasteiger partial charge in [-0.1, -0.05) is 19.1 Å². The van der Waals surface area contributed by atoms with E-state index in [1.54, 1.807) is 0 Å². The highest BCUT2D eigenvalue weighted by Gasteiger charge is 1.99. The van der Waals surface area contributed by atoms with Gasteiger partial charge in [0.15, 0.2) is 0 Å². The van der Waals surface area contributed by atoms with Crippen LogP contribution in [0.25, 0.3) is 0 Å². The van der Waals surface area contributed by atoms with Gasteiger partial charge in [-0.2, -0.15) is 0 Å². The molecular weight excluding hydrogens is 208 g/mol. The lowest BCUT2D eigenvalue weighted by Gasteiger charge is -2.09. The molecular formula is C15H18N2. The van der Waals surface area contributed by atoms with Crippen molar-refractivity contribution in [3.05, 3.63) is 59.4 Å². The summed E-state index contributed by atoms with van der Waals surface area (Å²) in [6, 6.07) is 12.5. The van der Waals surface area contributed by atoms with Crippen molar-refractivity contribution in [3.63, 3.8) is 0 Å². The zero-order valence-electron chi connectivity index (χ0n) is 10.4. The molecule has 0 saturated heterocycles. The Morgan fingerprint density at radius 1 is 1.18 bits per heavy atom. The second-order valence-corrected chi connectivity index (χ2v) is 4.17. The molecule has 2 rings (SSSR count). The van der Waals surface area contributed by atoms with Crippen LogP contribution in [0.5, 0.6) is 0 Å². The molecule has 0 aliphatic heterocycles. The lowest BCUT2D eigenvalue weighted by molar-refractivity contribution is 1.04. The Hall–Kier alpha value is -1.83. The molecule has 0 radical (unpaired) electrons. The summed E-state index contributed by atoms with van der Waals surface area (Å²) >= 11 is 0. The van der Waals surface area contributed by atoms with Gasteiger partial charge < -0.3 is 5.32 Å². The van der Waals surface area contributed by atoms with Crippen LogP contribution in [0.15, 0.2) is 42.6 Å². The van der Waals surface area contributed by atoms with Gasteiger partial charge in [-0.3, -0.25) is 4.98 Å². The standard InChI is InChI=1S/C15H18N2/c1-3-13-10-14(8-7-12(13)2)17-11-15-6-4-5-9-16-15/h4-10,17H,3,11H2,1-2H3. The summed E-state index contributed by atoms with van der Waals surface area (Å²) in [5.41, 5.74) is 4.98. The predicted octanol–water partition coefficient (Wildman–Crippen LogP) is 3.56. The zero-order chi connectivity index (χ0) is 12.1. The van der Waals surface area contributed by atoms with Crippen LogP contribution in [-0.4, -0.2) is 4.98 Å². The van der Waals surface area contributed by atoms with Crippen LogP contribution in [-0.2, 0) is 13.0 Å². The first-order valence-electron chi connectivity index (χ1n) is 6.03. The Kier molecular flexibility index (Phi) is 3.76. The summed E-state index contributed by atoms with van der Waals surface area (Å²) in [6.07, 6.45) is 2.90. The third kappa shape index (κ3) is 3.06. The minimum absolute atomic E-state index is 0.771. The fourth-order valence-electron chi connectivity index (χ4n) is 1.86. The molecule has 17 heavy (non-hydrogen) atoms. The highest BCUT2D eigenvalue weighted by Crippen LogP contribution is 2.16. The first-order valence-corrected chi connectivity index (χ1v) is 6.03. The number of nitrogens with zero attached hydrogens (tertiary/aromatic N) is 1. The summed E-state index contributed by atoms with van der Waals surface area (Å²) < 4.78 is 0. The van der Waals surface area contributed by atoms with E-state index in [4.69, 9.17) is 0 Å². The van der Waals surface area contributed by atoms with Crippen molar-refractivity contribution in [1.29, 1.82) is 0 Å². The van der Waals surface area contributed by atoms with Crippen LogP contribution < -0.4 is 5.32 Å². The van der Waals surface area contributed by atoms with E-state index < -0.39 is 0 Å². The topological polar surface area (TPSA) is 24.9 Å². The number of hydrogen-bond acceptors (Lipinski definition) is 2. The van der Waals surface area contributed by atoms with Crippen LogP contribution in [0.4, 0.5) is 5.69 Å². The van der Waals surface area contributed by atoms with E-state index in [2.05, 4.69) is 42.3 Å². The van der Waals surface area contributed by atoms with Gasteiger partial charge >= 0.3 is 0 Å². The van der Waals surface area contributed by atoms with E-state index in [9.17, 15) is 0 Å². The first kappa shape index (κ1) is 11.6. The molecule has 0 aliphatic rings. The molecule has 0 spiro atoms. The van der Waals surface area contributed by atoms with E-state index >= 15 is 0 Å². The number of rotatable bonds is 4. The largest absolute Gasteiger partial charge is 0.379 e. The van der Waals surface area contributed by atoms with E-state index in [1.165, 1.54) is 11.1 Å². The number of aromatic nitrogens is 1. The van der Waals surface area contributed by atoms with Crippen LogP contribution in [0.2, 0.25) is 0 Å². The highest BCUT2D eigenvalue weighted by atomic mass is 14.9. The fraction of sp³-hybridized carbons (Fsp3) is 0.267. The van der Waals surface area contributed by atoms with Gasteiger partial charge in [0.05, 0.1) is 12.2 Å². The Labute approximate surface area is 103 Å². The Morgan fingerprint density at radius 2 is 2.06 bits per heavy atom. The average Bonchev–Trinajstić information content (AvgIpc) is 2.39. The fourth-order valence-corrected chi connectivity index (χ4v) is 1.86. The number of benzene rings is 1. The predicted molar refractivity (Wildman–Crippen MR) is 72.1 cm³/mol. The summed E-state index contributed by atoms with van der Waals surface area (Å²) in [6.45, 7) is 5.11. The highest BCUT2D eigenvalue weighted by molar-refractivity contribution is 5.48. The third-order valence-corrected chi connectivity index (χ3v) is 2.93. The zero-order valence-corrected chi connectivity index (χ0v) is 10.4. The molecule has 2 nitrogen and oxygen atoms in total. The second-order valence-electron chi connectivity index (χ2n) is 4.17. The SMILES string of the molecule is CCc1cc(NCc2ccccn2)ccc1C. The Morgan fingerprint density at radius 3 is 2.76 bits per heavy atom. The van der Waals surface area contributed by atoms with Crippen molar-refractivity contribution < 1.29 is 0 Å². The molecule has 0 amide bonds. The van der Waals surface area contributed by atoms with Gasteiger partial charge in [0.25, 0.3) is 0 Å². The van der Waals surface area contributed by atoms with Gasteiger partial charge in [-0.15, -0.1) is 0 Å². The van der Waals surface area contributed by atoms with Crippen LogP contribution in [0, 0.1) is 6.92 Å². The van der Waals surface area contributed by atoms with Gasteiger partial charge in [-0.25, -0.2) is 0 Å². The second kappa shape index (κ2) is 5.48. The monoisotopic (exact) mass is 226 g/mol. The number of nitrogens with one attached hydrogen (secondary N) is 1. The van der Waals surface area contributed by atoms with E-state index in [-0.39, 0.29) is 0 Å². The summed E-state index contributed by atoms with van der Waals surface area (Å²) in [7, 11) is 0. The number of aryl methyl sites for hydroxylation is 2. The van der Waals surface area contributed by atoms with E-state index in [0.29, 0.717) is 0 Å². The van der Waals surface area contributed by atoms with Crippen LogP contribution in [0.3, 0.4) is 0 Å². The molecule has 2 aromatic rings. The minimum atomic E-state index is 0.771. The van der Waals surface area contributed by atoms with Crippen molar-refractivity contribution in [2.45, 2.75) is 26.8 Å². The van der Waals surface area contributed by atoms with Crippen molar-refractivity contribution in [3.8, 4) is 0 Å². The maximum absolute atomic E-state index is 4.29. The molecule has 1 N–H and O–H groups in total. The molecule has 0 unspecified atom stereocenters. The molecule has 1 aromatic heterocycles. The smallest absolute Gasteiger partial charge is 0.0594 e. The minimum Gasteiger partial charge on any atom is -0.379 e. The van der Waals surface area contributed by atoms with Crippen molar-refractivity contribution in [2.75, 3.05) is 5.32 Å². The Bertz CT molecular complexity index is 478. The molecule has 1 heterocycles.